The van der Waals surface area contributed by atoms with E-state index in [1.165, 1.54) is 0 Å². The topological polar surface area (TPSA) is 95.9 Å². The molecule has 2 aliphatic rings. The van der Waals surface area contributed by atoms with Gasteiger partial charge in [0.05, 0.1) is 0 Å². The van der Waals surface area contributed by atoms with Gasteiger partial charge in [-0.05, 0) is 33.6 Å². The molecule has 2 saturated heterocycles. The van der Waals surface area contributed by atoms with E-state index in [0.29, 0.717) is 6.54 Å². The number of nitrogens with zero attached hydrogens (tertiary/aromatic N) is 1. The fourth-order valence-electron chi connectivity index (χ4n) is 2.65. The van der Waals surface area contributed by atoms with Crippen LogP contribution in [0.4, 0.5) is 4.79 Å². The fraction of sp³-hybridized carbons (Fsp3) is 0.786. The van der Waals surface area contributed by atoms with Crippen LogP contribution in [-0.2, 0) is 14.3 Å². The Labute approximate surface area is 124 Å². The number of ether oxygens (including phenoxy) is 1. The number of carbonyl (C=O) groups is 3. The van der Waals surface area contributed by atoms with Crippen molar-refractivity contribution in [1.82, 2.24) is 10.2 Å². The van der Waals surface area contributed by atoms with Crippen molar-refractivity contribution in [1.29, 1.82) is 0 Å². The minimum atomic E-state index is -0.833. The number of aliphatic carboxylic acids is 1. The number of carboxylic acid groups (broad SMARTS) is 1. The zero-order valence-electron chi connectivity index (χ0n) is 13.0. The summed E-state index contributed by atoms with van der Waals surface area (Å²) in [6, 6.07) is 0.0869. The van der Waals surface area contributed by atoms with Gasteiger partial charge in [-0.3, -0.25) is 9.69 Å². The van der Waals surface area contributed by atoms with Gasteiger partial charge in [0.1, 0.15) is 17.4 Å². The summed E-state index contributed by atoms with van der Waals surface area (Å²) in [5.74, 6) is -0.833. The molecule has 0 aromatic carbocycles. The molecular weight excluding hydrogens is 276 g/mol. The lowest BCUT2D eigenvalue weighted by Crippen LogP contribution is -2.63. The van der Waals surface area contributed by atoms with Crippen molar-refractivity contribution >= 4 is 18.3 Å². The highest BCUT2D eigenvalue weighted by Crippen LogP contribution is 2.36. The second kappa shape index (κ2) is 6.43. The van der Waals surface area contributed by atoms with E-state index in [0.717, 1.165) is 32.6 Å². The average Bonchev–Trinajstić information content (AvgIpc) is 2.54. The summed E-state index contributed by atoms with van der Waals surface area (Å²) in [7, 11) is 0. The van der Waals surface area contributed by atoms with Gasteiger partial charge in [0.15, 0.2) is 0 Å². The number of amides is 1. The Morgan fingerprint density at radius 2 is 2.00 bits per heavy atom. The van der Waals surface area contributed by atoms with Crippen LogP contribution >= 0.6 is 0 Å². The largest absolute Gasteiger partial charge is 0.481 e. The SMILES string of the molecule is CC(=O)O.CC(C)(C)OC(=O)N1C2CCC1(C=O)CNC2. The molecule has 0 aliphatic carbocycles. The molecule has 2 atom stereocenters. The van der Waals surface area contributed by atoms with Crippen LogP contribution in [0.3, 0.4) is 0 Å². The number of piperazine rings is 1. The number of fused-ring (bicyclic) bond motifs is 2. The maximum atomic E-state index is 12.2. The minimum absolute atomic E-state index is 0.0869. The number of carboxylic acids is 1. The van der Waals surface area contributed by atoms with Crippen LogP contribution in [0.5, 0.6) is 0 Å². The van der Waals surface area contributed by atoms with Crippen LogP contribution in [0.2, 0.25) is 0 Å². The molecule has 21 heavy (non-hydrogen) atoms. The molecule has 2 rings (SSSR count). The number of carbonyl (C=O) groups excluding carboxylic acids is 2. The van der Waals surface area contributed by atoms with Crippen LogP contribution in [0.15, 0.2) is 0 Å². The highest BCUT2D eigenvalue weighted by atomic mass is 16.6. The van der Waals surface area contributed by atoms with Gasteiger partial charge in [0, 0.05) is 26.1 Å². The lowest BCUT2D eigenvalue weighted by molar-refractivity contribution is -0.134. The van der Waals surface area contributed by atoms with Crippen molar-refractivity contribution in [2.24, 2.45) is 0 Å². The van der Waals surface area contributed by atoms with Crippen LogP contribution in [0, 0.1) is 0 Å². The molecule has 0 spiro atoms. The van der Waals surface area contributed by atoms with E-state index in [4.69, 9.17) is 14.6 Å². The summed E-state index contributed by atoms with van der Waals surface area (Å²) < 4.78 is 5.39. The van der Waals surface area contributed by atoms with Gasteiger partial charge in [-0.2, -0.15) is 0 Å². The monoisotopic (exact) mass is 300 g/mol. The second-order valence-corrected chi connectivity index (χ2v) is 6.41. The highest BCUT2D eigenvalue weighted by molar-refractivity contribution is 5.79. The van der Waals surface area contributed by atoms with E-state index < -0.39 is 17.1 Å². The summed E-state index contributed by atoms with van der Waals surface area (Å²) in [5, 5.41) is 10.6. The maximum absolute atomic E-state index is 12.2. The predicted octanol–water partition coefficient (Wildman–Crippen LogP) is 1.02. The molecule has 0 aromatic heterocycles. The minimum Gasteiger partial charge on any atom is -0.481 e. The van der Waals surface area contributed by atoms with Gasteiger partial charge in [-0.15, -0.1) is 0 Å². The van der Waals surface area contributed by atoms with Gasteiger partial charge >= 0.3 is 6.09 Å². The Bertz CT molecular complexity index is 410. The molecule has 7 nitrogen and oxygen atoms in total. The number of rotatable bonds is 1. The Morgan fingerprint density at radius 1 is 1.43 bits per heavy atom. The molecule has 2 heterocycles. The third kappa shape index (κ3) is 4.42. The first-order valence-corrected chi connectivity index (χ1v) is 7.00. The van der Waals surface area contributed by atoms with Crippen LogP contribution < -0.4 is 5.32 Å². The van der Waals surface area contributed by atoms with Crippen molar-refractivity contribution in [2.75, 3.05) is 13.1 Å². The summed E-state index contributed by atoms with van der Waals surface area (Å²) in [6.07, 6.45) is 2.12. The predicted molar refractivity (Wildman–Crippen MR) is 76.1 cm³/mol. The molecule has 2 unspecified atom stereocenters. The smallest absolute Gasteiger partial charge is 0.411 e. The zero-order valence-corrected chi connectivity index (χ0v) is 13.0. The summed E-state index contributed by atoms with van der Waals surface area (Å²) in [4.78, 5) is 34.1. The van der Waals surface area contributed by atoms with Crippen molar-refractivity contribution in [3.63, 3.8) is 0 Å². The Balaban J connectivity index is 0.000000491. The van der Waals surface area contributed by atoms with Crippen molar-refractivity contribution < 1.29 is 24.2 Å². The standard InChI is InChI=1S/C12H20N2O3.C2H4O2/c1-11(2,3)17-10(16)14-9-4-5-12(14,8-15)7-13-6-9;1-2(3)4/h8-9,13H,4-7H2,1-3H3;1H3,(H,3,4). The van der Waals surface area contributed by atoms with Crippen LogP contribution in [0.1, 0.15) is 40.5 Å². The molecule has 2 fully saturated rings. The van der Waals surface area contributed by atoms with E-state index in [1.54, 1.807) is 4.90 Å². The summed E-state index contributed by atoms with van der Waals surface area (Å²) in [5.41, 5.74) is -1.21. The number of aldehydes is 1. The molecule has 7 heteroatoms. The van der Waals surface area contributed by atoms with Crippen molar-refractivity contribution in [2.45, 2.75) is 57.7 Å². The quantitative estimate of drug-likeness (QED) is 0.702. The molecule has 2 N–H and O–H groups in total. The lowest BCUT2D eigenvalue weighted by Gasteiger charge is -2.41. The highest BCUT2D eigenvalue weighted by Gasteiger charge is 2.52. The summed E-state index contributed by atoms with van der Waals surface area (Å²) in [6.45, 7) is 7.87. The van der Waals surface area contributed by atoms with E-state index in [-0.39, 0.29) is 12.1 Å². The molecule has 2 bridgehead atoms. The molecule has 1 amide bonds. The molecule has 120 valence electrons. The number of hydrogen-bond acceptors (Lipinski definition) is 5. The van der Waals surface area contributed by atoms with Crippen LogP contribution in [-0.4, -0.2) is 58.6 Å². The fourth-order valence-corrected chi connectivity index (χ4v) is 2.65. The zero-order chi connectivity index (χ0) is 16.3. The Kier molecular flexibility index (Phi) is 5.33. The van der Waals surface area contributed by atoms with Gasteiger partial charge < -0.3 is 20.0 Å². The Morgan fingerprint density at radius 3 is 2.48 bits per heavy atom. The lowest BCUT2D eigenvalue weighted by atomic mass is 9.98. The van der Waals surface area contributed by atoms with Crippen molar-refractivity contribution in [3.8, 4) is 0 Å². The first-order chi connectivity index (χ1) is 9.61. The summed E-state index contributed by atoms with van der Waals surface area (Å²) >= 11 is 0. The molecule has 0 saturated carbocycles. The van der Waals surface area contributed by atoms with Gasteiger partial charge in [-0.25, -0.2) is 4.79 Å². The van der Waals surface area contributed by atoms with Gasteiger partial charge in [-0.1, -0.05) is 0 Å². The van der Waals surface area contributed by atoms with E-state index in [9.17, 15) is 9.59 Å². The third-order valence-electron chi connectivity index (χ3n) is 3.38. The molecule has 0 radical (unpaired) electrons. The first-order valence-electron chi connectivity index (χ1n) is 7.00. The third-order valence-corrected chi connectivity index (χ3v) is 3.38. The molecule has 2 aliphatic heterocycles. The van der Waals surface area contributed by atoms with E-state index in [1.807, 2.05) is 20.8 Å². The normalized spacial score (nSPS) is 27.4. The van der Waals surface area contributed by atoms with Gasteiger partial charge in [0.25, 0.3) is 5.97 Å². The average molecular weight is 300 g/mol. The maximum Gasteiger partial charge on any atom is 0.411 e. The van der Waals surface area contributed by atoms with Gasteiger partial charge in [0.2, 0.25) is 0 Å². The van der Waals surface area contributed by atoms with Crippen molar-refractivity contribution in [3.05, 3.63) is 0 Å². The number of nitrogens with one attached hydrogen (secondary N) is 1. The number of hydrogen-bond donors (Lipinski definition) is 2. The van der Waals surface area contributed by atoms with Crippen LogP contribution in [0.25, 0.3) is 0 Å². The molecular formula is C14H24N2O5. The van der Waals surface area contributed by atoms with E-state index >= 15 is 0 Å². The first kappa shape index (κ1) is 17.4. The Hall–Kier alpha value is -1.63. The molecule has 0 aromatic rings. The van der Waals surface area contributed by atoms with E-state index in [2.05, 4.69) is 5.32 Å². The second-order valence-electron chi connectivity index (χ2n) is 6.41.